The minimum atomic E-state index is -4.85. The van der Waals surface area contributed by atoms with Crippen LogP contribution in [-0.2, 0) is 29.2 Å². The molecule has 0 saturated heterocycles. The third-order valence-electron chi connectivity index (χ3n) is 4.61. The van der Waals surface area contributed by atoms with E-state index in [-0.39, 0.29) is 25.0 Å². The zero-order chi connectivity index (χ0) is 25.2. The van der Waals surface area contributed by atoms with E-state index in [2.05, 4.69) is 95.6 Å². The van der Waals surface area contributed by atoms with Gasteiger partial charge in [-0.1, -0.05) is 122 Å². The van der Waals surface area contributed by atoms with Gasteiger partial charge in [0.25, 0.3) is 10.1 Å². The number of rotatable bonds is 14. The molecule has 0 fully saturated rings. The highest BCUT2D eigenvalue weighted by Crippen LogP contribution is 2.45. The highest BCUT2D eigenvalue weighted by molar-refractivity contribution is 9.39. The Labute approximate surface area is 240 Å². The van der Waals surface area contributed by atoms with Crippen LogP contribution >= 0.6 is 95.6 Å². The summed E-state index contributed by atoms with van der Waals surface area (Å²) in [6.07, 6.45) is 3.56. The van der Waals surface area contributed by atoms with Crippen LogP contribution < -0.4 is 0 Å². The first-order valence-electron chi connectivity index (χ1n) is 9.95. The highest BCUT2D eigenvalue weighted by atomic mass is 80.0. The van der Waals surface area contributed by atoms with E-state index in [1.165, 1.54) is 0 Å². The van der Waals surface area contributed by atoms with Gasteiger partial charge in [0.15, 0.2) is 5.25 Å². The van der Waals surface area contributed by atoms with Crippen LogP contribution in [0.4, 0.5) is 0 Å². The van der Waals surface area contributed by atoms with Gasteiger partial charge >= 0.3 is 11.9 Å². The summed E-state index contributed by atoms with van der Waals surface area (Å²) < 4.78 is 41.9. The molecule has 3 atom stereocenters. The fraction of sp³-hybridized carbons (Fsp3) is 0.889. The van der Waals surface area contributed by atoms with Crippen LogP contribution in [0.15, 0.2) is 0 Å². The molecule has 3 unspecified atom stereocenters. The van der Waals surface area contributed by atoms with Gasteiger partial charge in [0.1, 0.15) is 4.29 Å². The largest absolute Gasteiger partial charge is 0.466 e. The third kappa shape index (κ3) is 14.3. The van der Waals surface area contributed by atoms with E-state index in [9.17, 15) is 22.6 Å². The molecule has 0 heterocycles. The maximum absolute atomic E-state index is 12.3. The summed E-state index contributed by atoms with van der Waals surface area (Å²) in [4.78, 5) is 24.4. The van der Waals surface area contributed by atoms with E-state index in [1.807, 2.05) is 13.8 Å². The topological polar surface area (TPSA) is 107 Å². The molecule has 7 nitrogen and oxygen atoms in total. The molecule has 0 amide bonds. The van der Waals surface area contributed by atoms with Gasteiger partial charge < -0.3 is 9.47 Å². The molecular weight excluding hydrogens is 840 g/mol. The van der Waals surface area contributed by atoms with Gasteiger partial charge in [-0.25, -0.2) is 0 Å². The van der Waals surface area contributed by atoms with Crippen LogP contribution in [0.2, 0.25) is 0 Å². The number of hydrogen-bond donors (Lipinski definition) is 1. The minimum Gasteiger partial charge on any atom is -0.466 e. The van der Waals surface area contributed by atoms with Crippen molar-refractivity contribution in [2.45, 2.75) is 68.3 Å². The van der Waals surface area contributed by atoms with Crippen LogP contribution in [-0.4, -0.2) is 47.7 Å². The maximum Gasteiger partial charge on any atom is 0.327 e. The Morgan fingerprint density at radius 2 is 1.22 bits per heavy atom. The number of ether oxygens (including phenoxy) is 2. The summed E-state index contributed by atoms with van der Waals surface area (Å²) >= 11 is 20.7. The van der Waals surface area contributed by atoms with Gasteiger partial charge in [-0.15, -0.1) is 0 Å². The monoisotopic (exact) mass is 862 g/mol. The molecule has 0 aromatic rings. The Hall–Kier alpha value is 1.73. The van der Waals surface area contributed by atoms with Crippen molar-refractivity contribution in [3.05, 3.63) is 0 Å². The van der Waals surface area contributed by atoms with Gasteiger partial charge in [0.05, 0.1) is 19.6 Å². The molecule has 0 aromatic heterocycles. The lowest BCUT2D eigenvalue weighted by molar-refractivity contribution is -0.150. The first-order valence-corrected chi connectivity index (χ1v) is 16.2. The van der Waals surface area contributed by atoms with Crippen molar-refractivity contribution >= 4 is 118 Å². The number of esters is 2. The van der Waals surface area contributed by atoms with E-state index in [0.717, 1.165) is 25.7 Å². The molecule has 0 bridgehead atoms. The van der Waals surface area contributed by atoms with Crippen molar-refractivity contribution in [1.29, 1.82) is 0 Å². The lowest BCUT2D eigenvalue weighted by Crippen LogP contribution is -2.35. The molecule has 14 heteroatoms. The van der Waals surface area contributed by atoms with Crippen molar-refractivity contribution in [3.8, 4) is 0 Å². The Balaban J connectivity index is 4.86. The van der Waals surface area contributed by atoms with E-state index in [1.54, 1.807) is 0 Å². The van der Waals surface area contributed by atoms with Crippen molar-refractivity contribution < 1.29 is 32.0 Å². The second-order valence-electron chi connectivity index (χ2n) is 7.23. The first kappa shape index (κ1) is 33.7. The quantitative estimate of drug-likeness (QED) is 0.114. The SMILES string of the molecule is CCCC(CCOC(=O)CC(C(=O)OCCC(CCC)C(Br)(Br)Br)S(=O)(=O)O)C(Br)(Br)Br. The summed E-state index contributed by atoms with van der Waals surface area (Å²) in [5.41, 5.74) is 0. The van der Waals surface area contributed by atoms with Gasteiger partial charge in [0, 0.05) is 0 Å². The van der Waals surface area contributed by atoms with Crippen molar-refractivity contribution in [1.82, 2.24) is 0 Å². The molecule has 0 aliphatic heterocycles. The van der Waals surface area contributed by atoms with Gasteiger partial charge in [0.2, 0.25) is 0 Å². The zero-order valence-electron chi connectivity index (χ0n) is 17.7. The van der Waals surface area contributed by atoms with Crippen LogP contribution in [0, 0.1) is 11.8 Å². The summed E-state index contributed by atoms with van der Waals surface area (Å²) in [5, 5.41) is -2.03. The number of carbonyl (C=O) groups excluding carboxylic acids is 2. The number of hydrogen-bond acceptors (Lipinski definition) is 6. The average Bonchev–Trinajstić information content (AvgIpc) is 2.62. The molecule has 32 heavy (non-hydrogen) atoms. The van der Waals surface area contributed by atoms with Gasteiger partial charge in [-0.05, 0) is 37.5 Å². The Kier molecular flexibility index (Phi) is 16.6. The van der Waals surface area contributed by atoms with E-state index < -0.39 is 38.0 Å². The predicted octanol–water partition coefficient (Wildman–Crippen LogP) is 7.01. The normalized spacial score (nSPS) is 15.7. The summed E-state index contributed by atoms with van der Waals surface area (Å²) in [6, 6.07) is 0. The van der Waals surface area contributed by atoms with Crippen LogP contribution in [0.5, 0.6) is 0 Å². The average molecular weight is 868 g/mol. The summed E-state index contributed by atoms with van der Waals surface area (Å²) in [7, 11) is -4.85. The van der Waals surface area contributed by atoms with Crippen molar-refractivity contribution in [3.63, 3.8) is 0 Å². The Bertz CT molecular complexity index is 691. The fourth-order valence-electron chi connectivity index (χ4n) is 2.87. The number of halogens is 6. The van der Waals surface area contributed by atoms with Gasteiger partial charge in [-0.2, -0.15) is 8.42 Å². The van der Waals surface area contributed by atoms with Crippen LogP contribution in [0.1, 0.15) is 58.8 Å². The third-order valence-corrected chi connectivity index (χ3v) is 9.58. The smallest absolute Gasteiger partial charge is 0.327 e. The maximum atomic E-state index is 12.3. The molecule has 1 N–H and O–H groups in total. The molecule has 0 radical (unpaired) electrons. The lowest BCUT2D eigenvalue weighted by Gasteiger charge is -2.25. The molecule has 0 spiro atoms. The summed E-state index contributed by atoms with van der Waals surface area (Å²) in [6.45, 7) is 4.00. The molecule has 0 aliphatic carbocycles. The predicted molar refractivity (Wildman–Crippen MR) is 147 cm³/mol. The van der Waals surface area contributed by atoms with Crippen molar-refractivity contribution in [2.75, 3.05) is 13.2 Å². The molecule has 190 valence electrons. The fourth-order valence-corrected chi connectivity index (χ4v) is 6.28. The molecule has 0 saturated carbocycles. The second kappa shape index (κ2) is 15.8. The second-order valence-corrected chi connectivity index (χ2v) is 22.7. The van der Waals surface area contributed by atoms with E-state index in [0.29, 0.717) is 12.8 Å². The number of carbonyl (C=O) groups is 2. The van der Waals surface area contributed by atoms with Crippen molar-refractivity contribution in [2.24, 2.45) is 11.8 Å². The van der Waals surface area contributed by atoms with Gasteiger partial charge in [-0.3, -0.25) is 14.1 Å². The lowest BCUT2D eigenvalue weighted by atomic mass is 10.0. The summed E-state index contributed by atoms with van der Waals surface area (Å²) in [5.74, 6) is -1.97. The highest BCUT2D eigenvalue weighted by Gasteiger charge is 2.37. The Morgan fingerprint density at radius 3 is 1.56 bits per heavy atom. The van der Waals surface area contributed by atoms with Crippen LogP contribution in [0.25, 0.3) is 0 Å². The van der Waals surface area contributed by atoms with E-state index in [4.69, 9.17) is 9.47 Å². The standard InChI is InChI=1S/C18H28Br6O7S/c1-3-5-12(17(19,20)21)7-9-30-15(25)11-14(32(27,28)29)16(26)31-10-8-13(6-4-2)18(22,23)24/h12-14H,3-11H2,1-2H3,(H,27,28,29). The van der Waals surface area contributed by atoms with Crippen LogP contribution in [0.3, 0.4) is 0 Å². The zero-order valence-corrected chi connectivity index (χ0v) is 28.0. The Morgan fingerprint density at radius 1 is 0.812 bits per heavy atom. The van der Waals surface area contributed by atoms with E-state index >= 15 is 0 Å². The first-order chi connectivity index (χ1) is 14.5. The molecule has 0 aromatic carbocycles. The number of alkyl halides is 6. The molecular formula is C18H28Br6O7S. The minimum absolute atomic E-state index is 0.0316. The molecule has 0 rings (SSSR count). The molecule has 0 aliphatic rings.